The second-order valence-electron chi connectivity index (χ2n) is 3.71. The molecule has 1 aromatic rings. The Morgan fingerprint density at radius 3 is 2.27 bits per heavy atom. The van der Waals surface area contributed by atoms with Gasteiger partial charge in [0.15, 0.2) is 0 Å². The molecule has 1 fully saturated rings. The molecule has 4 nitrogen and oxygen atoms in total. The second kappa shape index (κ2) is 4.59. The lowest BCUT2D eigenvalue weighted by Crippen LogP contribution is -2.11. The average molecular weight is 229 g/mol. The van der Waals surface area contributed by atoms with E-state index >= 15 is 0 Å². The lowest BCUT2D eigenvalue weighted by molar-refractivity contribution is -0.384. The van der Waals surface area contributed by atoms with Gasteiger partial charge in [-0.25, -0.2) is 0 Å². The van der Waals surface area contributed by atoms with Crippen LogP contribution in [0, 0.1) is 16.0 Å². The summed E-state index contributed by atoms with van der Waals surface area (Å²) in [7, 11) is 0. The van der Waals surface area contributed by atoms with E-state index in [1.54, 1.807) is 12.1 Å². The van der Waals surface area contributed by atoms with E-state index in [2.05, 4.69) is 0 Å². The van der Waals surface area contributed by atoms with Crippen LogP contribution in [0.25, 0.3) is 0 Å². The Bertz CT molecular complexity index is 349. The minimum absolute atomic E-state index is 0. The molecule has 82 valence electrons. The molecule has 1 aliphatic carbocycles. The number of nitrogens with zero attached hydrogens (tertiary/aromatic N) is 1. The Labute approximate surface area is 94.0 Å². The predicted molar refractivity (Wildman–Crippen MR) is 60.0 cm³/mol. The van der Waals surface area contributed by atoms with E-state index in [0.29, 0.717) is 5.92 Å². The zero-order valence-electron chi connectivity index (χ0n) is 8.13. The van der Waals surface area contributed by atoms with Crippen LogP contribution in [0.4, 0.5) is 5.69 Å². The van der Waals surface area contributed by atoms with Crippen LogP contribution in [0.5, 0.6) is 0 Å². The molecule has 1 aromatic carbocycles. The number of rotatable bonds is 3. The van der Waals surface area contributed by atoms with Crippen molar-refractivity contribution in [1.29, 1.82) is 0 Å². The normalized spacial score (nSPS) is 16.6. The molecular weight excluding hydrogens is 216 g/mol. The topological polar surface area (TPSA) is 69.2 Å². The summed E-state index contributed by atoms with van der Waals surface area (Å²) in [6, 6.07) is 6.58. The second-order valence-corrected chi connectivity index (χ2v) is 3.71. The molecule has 0 heterocycles. The van der Waals surface area contributed by atoms with Gasteiger partial charge in [0.1, 0.15) is 0 Å². The SMILES string of the molecule is Cl.N[C@@H](c1ccc([N+](=O)[O-])cc1)C1CC1. The highest BCUT2D eigenvalue weighted by atomic mass is 35.5. The molecule has 0 unspecified atom stereocenters. The highest BCUT2D eigenvalue weighted by molar-refractivity contribution is 5.85. The third kappa shape index (κ3) is 2.67. The first-order valence-corrected chi connectivity index (χ1v) is 4.68. The Morgan fingerprint density at radius 1 is 1.33 bits per heavy atom. The van der Waals surface area contributed by atoms with Crippen LogP contribution in [0.15, 0.2) is 24.3 Å². The van der Waals surface area contributed by atoms with Crippen molar-refractivity contribution in [3.63, 3.8) is 0 Å². The molecule has 2 N–H and O–H groups in total. The van der Waals surface area contributed by atoms with Gasteiger partial charge in [0.05, 0.1) is 4.92 Å². The molecular formula is C10H13ClN2O2. The molecule has 0 bridgehead atoms. The smallest absolute Gasteiger partial charge is 0.269 e. The van der Waals surface area contributed by atoms with Crippen molar-refractivity contribution in [3.8, 4) is 0 Å². The summed E-state index contributed by atoms with van der Waals surface area (Å²) < 4.78 is 0. The van der Waals surface area contributed by atoms with Crippen molar-refractivity contribution in [2.24, 2.45) is 11.7 Å². The number of nitro groups is 1. The van der Waals surface area contributed by atoms with Gasteiger partial charge in [0.2, 0.25) is 0 Å². The molecule has 0 aromatic heterocycles. The van der Waals surface area contributed by atoms with Crippen LogP contribution in [0.1, 0.15) is 24.4 Å². The van der Waals surface area contributed by atoms with Gasteiger partial charge < -0.3 is 5.73 Å². The Kier molecular flexibility index (Phi) is 3.66. The van der Waals surface area contributed by atoms with E-state index in [9.17, 15) is 10.1 Å². The molecule has 1 saturated carbocycles. The summed E-state index contributed by atoms with van der Waals surface area (Å²) in [6.07, 6.45) is 2.36. The molecule has 0 amide bonds. The molecule has 0 spiro atoms. The number of benzene rings is 1. The first-order chi connectivity index (χ1) is 6.68. The zero-order valence-corrected chi connectivity index (χ0v) is 8.94. The monoisotopic (exact) mass is 228 g/mol. The van der Waals surface area contributed by atoms with Gasteiger partial charge in [-0.05, 0) is 24.3 Å². The number of non-ortho nitro benzene ring substituents is 1. The number of nitro benzene ring substituents is 1. The fraction of sp³-hybridized carbons (Fsp3) is 0.400. The molecule has 1 aliphatic rings. The Morgan fingerprint density at radius 2 is 1.87 bits per heavy atom. The van der Waals surface area contributed by atoms with Crippen molar-refractivity contribution < 1.29 is 4.92 Å². The largest absolute Gasteiger partial charge is 0.324 e. The molecule has 0 radical (unpaired) electrons. The summed E-state index contributed by atoms with van der Waals surface area (Å²) in [5.74, 6) is 0.580. The maximum Gasteiger partial charge on any atom is 0.269 e. The Balaban J connectivity index is 0.00000112. The maximum absolute atomic E-state index is 10.4. The molecule has 15 heavy (non-hydrogen) atoms. The standard InChI is InChI=1S/C10H12N2O2.ClH/c11-10(7-1-2-7)8-3-5-9(6-4-8)12(13)14;/h3-7,10H,1-2,11H2;1H/t10-;/m1./s1. The maximum atomic E-state index is 10.4. The Hall–Kier alpha value is -1.13. The van der Waals surface area contributed by atoms with Crippen LogP contribution in [0.2, 0.25) is 0 Å². The molecule has 0 saturated heterocycles. The summed E-state index contributed by atoms with van der Waals surface area (Å²) >= 11 is 0. The van der Waals surface area contributed by atoms with Crippen LogP contribution >= 0.6 is 12.4 Å². The summed E-state index contributed by atoms with van der Waals surface area (Å²) in [4.78, 5) is 10.0. The van der Waals surface area contributed by atoms with Gasteiger partial charge in [-0.2, -0.15) is 0 Å². The minimum atomic E-state index is -0.396. The quantitative estimate of drug-likeness (QED) is 0.638. The van der Waals surface area contributed by atoms with E-state index in [4.69, 9.17) is 5.73 Å². The van der Waals surface area contributed by atoms with Crippen LogP contribution in [0.3, 0.4) is 0 Å². The molecule has 1 atom stereocenters. The lowest BCUT2D eigenvalue weighted by atomic mass is 10.0. The van der Waals surface area contributed by atoms with Crippen molar-refractivity contribution in [2.45, 2.75) is 18.9 Å². The van der Waals surface area contributed by atoms with Gasteiger partial charge in [0, 0.05) is 18.2 Å². The highest BCUT2D eigenvalue weighted by Gasteiger charge is 2.29. The number of hydrogen-bond donors (Lipinski definition) is 1. The number of hydrogen-bond acceptors (Lipinski definition) is 3. The van der Waals surface area contributed by atoms with Crippen LogP contribution < -0.4 is 5.73 Å². The highest BCUT2D eigenvalue weighted by Crippen LogP contribution is 2.39. The minimum Gasteiger partial charge on any atom is -0.324 e. The van der Waals surface area contributed by atoms with E-state index in [0.717, 1.165) is 5.56 Å². The van der Waals surface area contributed by atoms with Crippen molar-refractivity contribution >= 4 is 18.1 Å². The van der Waals surface area contributed by atoms with Crippen molar-refractivity contribution in [3.05, 3.63) is 39.9 Å². The third-order valence-electron chi connectivity index (χ3n) is 2.62. The summed E-state index contributed by atoms with van der Waals surface area (Å²) in [5, 5.41) is 10.4. The zero-order chi connectivity index (χ0) is 10.1. The first-order valence-electron chi connectivity index (χ1n) is 4.68. The van der Waals surface area contributed by atoms with Crippen LogP contribution in [-0.2, 0) is 0 Å². The van der Waals surface area contributed by atoms with Gasteiger partial charge in [0.25, 0.3) is 5.69 Å². The van der Waals surface area contributed by atoms with E-state index in [-0.39, 0.29) is 24.1 Å². The van der Waals surface area contributed by atoms with E-state index in [1.807, 2.05) is 0 Å². The van der Waals surface area contributed by atoms with Crippen LogP contribution in [-0.4, -0.2) is 4.92 Å². The molecule has 0 aliphatic heterocycles. The van der Waals surface area contributed by atoms with Crippen molar-refractivity contribution in [1.82, 2.24) is 0 Å². The molecule has 5 heteroatoms. The van der Waals surface area contributed by atoms with Gasteiger partial charge in [-0.1, -0.05) is 12.1 Å². The predicted octanol–water partition coefficient (Wildman–Crippen LogP) is 2.43. The van der Waals surface area contributed by atoms with Crippen molar-refractivity contribution in [2.75, 3.05) is 0 Å². The first kappa shape index (κ1) is 11.9. The molecule has 2 rings (SSSR count). The van der Waals surface area contributed by atoms with E-state index < -0.39 is 4.92 Å². The summed E-state index contributed by atoms with van der Waals surface area (Å²) in [6.45, 7) is 0. The number of halogens is 1. The lowest BCUT2D eigenvalue weighted by Gasteiger charge is -2.09. The fourth-order valence-electron chi connectivity index (χ4n) is 1.55. The van der Waals surface area contributed by atoms with Gasteiger partial charge in [-0.3, -0.25) is 10.1 Å². The van der Waals surface area contributed by atoms with Gasteiger partial charge in [-0.15, -0.1) is 12.4 Å². The number of nitrogens with two attached hydrogens (primary N) is 1. The average Bonchev–Trinajstić information content (AvgIpc) is 3.00. The fourth-order valence-corrected chi connectivity index (χ4v) is 1.55. The third-order valence-corrected chi connectivity index (χ3v) is 2.62. The van der Waals surface area contributed by atoms with Gasteiger partial charge >= 0.3 is 0 Å². The summed E-state index contributed by atoms with van der Waals surface area (Å²) in [5.41, 5.74) is 7.08. The van der Waals surface area contributed by atoms with E-state index in [1.165, 1.54) is 25.0 Å².